The van der Waals surface area contributed by atoms with Crippen LogP contribution in [0.25, 0.3) is 0 Å². The molecule has 0 atom stereocenters. The molecule has 1 aliphatic rings. The summed E-state index contributed by atoms with van der Waals surface area (Å²) in [5.74, 6) is 0.546. The number of benzene rings is 1. The second-order valence-corrected chi connectivity index (χ2v) is 3.36. The number of hydrogen-bond donors (Lipinski definition) is 0. The van der Waals surface area contributed by atoms with E-state index in [4.69, 9.17) is 9.78 Å². The normalized spacial score (nSPS) is 13.1. The number of ether oxygens (including phenoxy) is 1. The summed E-state index contributed by atoms with van der Waals surface area (Å²) in [6, 6.07) is 5.82. The lowest BCUT2D eigenvalue weighted by atomic mass is 10.1. The first-order valence-electron chi connectivity index (χ1n) is 4.77. The fourth-order valence-corrected chi connectivity index (χ4v) is 1.46. The van der Waals surface area contributed by atoms with Crippen molar-refractivity contribution >= 4 is 5.97 Å². The number of carbonyl (C=O) groups is 1. The van der Waals surface area contributed by atoms with Crippen LogP contribution in [0.2, 0.25) is 0 Å². The third kappa shape index (κ3) is 2.27. The predicted molar refractivity (Wildman–Crippen MR) is 52.2 cm³/mol. The van der Waals surface area contributed by atoms with Crippen molar-refractivity contribution in [1.29, 1.82) is 0 Å². The molecule has 2 rings (SSSR count). The van der Waals surface area contributed by atoms with Gasteiger partial charge in [-0.1, -0.05) is 12.1 Å². The Balaban J connectivity index is 2.01. The van der Waals surface area contributed by atoms with E-state index in [2.05, 4.69) is 4.74 Å². The second-order valence-electron chi connectivity index (χ2n) is 3.36. The predicted octanol–water partition coefficient (Wildman–Crippen LogP) is 1.62. The van der Waals surface area contributed by atoms with Crippen LogP contribution in [0.15, 0.2) is 18.2 Å². The highest BCUT2D eigenvalue weighted by molar-refractivity contribution is 5.69. The topological polar surface area (TPSA) is 44.8 Å². The Morgan fingerprint density at radius 1 is 1.53 bits per heavy atom. The monoisotopic (exact) mass is 208 g/mol. The molecule has 0 fully saturated rings. The van der Waals surface area contributed by atoms with Crippen LogP contribution in [-0.2, 0) is 27.4 Å². The average molecular weight is 208 g/mol. The second kappa shape index (κ2) is 4.31. The van der Waals surface area contributed by atoms with E-state index < -0.39 is 0 Å². The summed E-state index contributed by atoms with van der Waals surface area (Å²) < 4.78 is 4.57. The fourth-order valence-electron chi connectivity index (χ4n) is 1.46. The van der Waals surface area contributed by atoms with Crippen LogP contribution < -0.4 is 4.89 Å². The molecule has 80 valence electrons. The van der Waals surface area contributed by atoms with Gasteiger partial charge >= 0.3 is 5.97 Å². The zero-order valence-electron chi connectivity index (χ0n) is 8.49. The van der Waals surface area contributed by atoms with E-state index in [1.54, 1.807) is 0 Å². The molecule has 0 radical (unpaired) electrons. The van der Waals surface area contributed by atoms with Gasteiger partial charge in [0.1, 0.15) is 6.61 Å². The van der Waals surface area contributed by atoms with Gasteiger partial charge in [0.25, 0.3) is 0 Å². The SMILES string of the molecule is COC(=O)CCc1ccc2c(c1)OOC2. The highest BCUT2D eigenvalue weighted by atomic mass is 17.2. The van der Waals surface area contributed by atoms with Crippen molar-refractivity contribution in [2.24, 2.45) is 0 Å². The maximum atomic E-state index is 10.9. The molecule has 1 aromatic carbocycles. The van der Waals surface area contributed by atoms with Crippen LogP contribution in [-0.4, -0.2) is 13.1 Å². The van der Waals surface area contributed by atoms with Gasteiger partial charge < -0.3 is 9.62 Å². The standard InChI is InChI=1S/C11H12O4/c1-13-11(12)5-3-8-2-4-9-7-14-15-10(9)6-8/h2,4,6H,3,5,7H2,1H3. The van der Waals surface area contributed by atoms with Crippen LogP contribution in [0, 0.1) is 0 Å². The zero-order chi connectivity index (χ0) is 10.7. The Morgan fingerprint density at radius 2 is 2.40 bits per heavy atom. The maximum absolute atomic E-state index is 10.9. The first-order valence-corrected chi connectivity index (χ1v) is 4.77. The Kier molecular flexibility index (Phi) is 2.87. The summed E-state index contributed by atoms with van der Waals surface area (Å²) in [5.41, 5.74) is 2.08. The van der Waals surface area contributed by atoms with Crippen molar-refractivity contribution in [3.05, 3.63) is 29.3 Å². The van der Waals surface area contributed by atoms with E-state index in [0.29, 0.717) is 19.4 Å². The van der Waals surface area contributed by atoms with E-state index in [1.807, 2.05) is 18.2 Å². The molecule has 0 aromatic heterocycles. The fraction of sp³-hybridized carbons (Fsp3) is 0.364. The third-order valence-corrected chi connectivity index (χ3v) is 2.34. The van der Waals surface area contributed by atoms with Crippen LogP contribution in [0.4, 0.5) is 0 Å². The molecule has 0 saturated carbocycles. The number of fused-ring (bicyclic) bond motifs is 1. The summed E-state index contributed by atoms with van der Waals surface area (Å²) in [6.07, 6.45) is 1.04. The van der Waals surface area contributed by atoms with Crippen molar-refractivity contribution < 1.29 is 19.3 Å². The molecule has 4 nitrogen and oxygen atoms in total. The highest BCUT2D eigenvalue weighted by Gasteiger charge is 2.14. The van der Waals surface area contributed by atoms with E-state index >= 15 is 0 Å². The molecular weight excluding hydrogens is 196 g/mol. The summed E-state index contributed by atoms with van der Waals surface area (Å²) in [7, 11) is 1.39. The molecule has 0 spiro atoms. The molecule has 1 heterocycles. The molecule has 1 aliphatic heterocycles. The van der Waals surface area contributed by atoms with Gasteiger partial charge in [-0.05, 0) is 18.1 Å². The number of carbonyl (C=O) groups excluding carboxylic acids is 1. The molecule has 15 heavy (non-hydrogen) atoms. The van der Waals surface area contributed by atoms with Gasteiger partial charge in [-0.25, -0.2) is 0 Å². The van der Waals surface area contributed by atoms with Crippen LogP contribution >= 0.6 is 0 Å². The smallest absolute Gasteiger partial charge is 0.305 e. The maximum Gasteiger partial charge on any atom is 0.305 e. The first-order chi connectivity index (χ1) is 7.29. The molecular formula is C11H12O4. The van der Waals surface area contributed by atoms with E-state index in [9.17, 15) is 4.79 Å². The zero-order valence-corrected chi connectivity index (χ0v) is 8.49. The summed E-state index contributed by atoms with van der Waals surface area (Å²) in [4.78, 5) is 20.7. The number of rotatable bonds is 3. The van der Waals surface area contributed by atoms with Gasteiger partial charge in [0.2, 0.25) is 0 Å². The Morgan fingerprint density at radius 3 is 3.20 bits per heavy atom. The molecule has 4 heteroatoms. The average Bonchev–Trinajstić information content (AvgIpc) is 2.72. The largest absolute Gasteiger partial charge is 0.469 e. The third-order valence-electron chi connectivity index (χ3n) is 2.34. The van der Waals surface area contributed by atoms with Crippen LogP contribution in [0.1, 0.15) is 17.5 Å². The van der Waals surface area contributed by atoms with Crippen molar-refractivity contribution in [2.45, 2.75) is 19.4 Å². The van der Waals surface area contributed by atoms with Gasteiger partial charge in [-0.2, -0.15) is 4.89 Å². The van der Waals surface area contributed by atoms with Crippen LogP contribution in [0.5, 0.6) is 5.75 Å². The minimum absolute atomic E-state index is 0.201. The van der Waals surface area contributed by atoms with Gasteiger partial charge in [0.05, 0.1) is 7.11 Å². The van der Waals surface area contributed by atoms with Crippen molar-refractivity contribution in [1.82, 2.24) is 0 Å². The summed E-state index contributed by atoms with van der Waals surface area (Å²) >= 11 is 0. The van der Waals surface area contributed by atoms with Gasteiger partial charge in [0.15, 0.2) is 5.75 Å². The molecule has 0 aliphatic carbocycles. The Labute approximate surface area is 87.7 Å². The minimum Gasteiger partial charge on any atom is -0.469 e. The Bertz CT molecular complexity index is 373. The lowest BCUT2D eigenvalue weighted by Crippen LogP contribution is -2.01. The van der Waals surface area contributed by atoms with Gasteiger partial charge in [-0.15, -0.1) is 0 Å². The number of methoxy groups -OCH3 is 1. The molecule has 0 amide bonds. The summed E-state index contributed by atoms with van der Waals surface area (Å²) in [5, 5.41) is 0. The van der Waals surface area contributed by atoms with E-state index in [0.717, 1.165) is 16.9 Å². The number of esters is 1. The molecule has 0 saturated heterocycles. The Hall–Kier alpha value is -1.55. The van der Waals surface area contributed by atoms with Crippen molar-refractivity contribution in [3.8, 4) is 5.75 Å². The van der Waals surface area contributed by atoms with E-state index in [1.165, 1.54) is 7.11 Å². The van der Waals surface area contributed by atoms with E-state index in [-0.39, 0.29) is 5.97 Å². The highest BCUT2D eigenvalue weighted by Crippen LogP contribution is 2.27. The molecule has 0 N–H and O–H groups in total. The van der Waals surface area contributed by atoms with Gasteiger partial charge in [0, 0.05) is 12.0 Å². The molecule has 1 aromatic rings. The minimum atomic E-state index is -0.201. The number of hydrogen-bond acceptors (Lipinski definition) is 4. The van der Waals surface area contributed by atoms with Gasteiger partial charge in [-0.3, -0.25) is 4.79 Å². The molecule has 0 bridgehead atoms. The number of aryl methyl sites for hydroxylation is 1. The molecule has 0 unspecified atom stereocenters. The van der Waals surface area contributed by atoms with Crippen molar-refractivity contribution in [2.75, 3.05) is 7.11 Å². The first kappa shape index (κ1) is 9.98. The lowest BCUT2D eigenvalue weighted by Gasteiger charge is -2.01. The quantitative estimate of drug-likeness (QED) is 0.559. The van der Waals surface area contributed by atoms with Crippen LogP contribution in [0.3, 0.4) is 0 Å². The summed E-state index contributed by atoms with van der Waals surface area (Å²) in [6.45, 7) is 0.493. The van der Waals surface area contributed by atoms with Crippen molar-refractivity contribution in [3.63, 3.8) is 0 Å². The lowest BCUT2D eigenvalue weighted by molar-refractivity contribution is -0.194.